The third kappa shape index (κ3) is 1.56. The molecule has 4 heteroatoms. The van der Waals surface area contributed by atoms with Crippen molar-refractivity contribution in [2.24, 2.45) is 0 Å². The van der Waals surface area contributed by atoms with Crippen LogP contribution in [0.1, 0.15) is 15.2 Å². The molecule has 3 nitrogen and oxygen atoms in total. The molecule has 70 valence electrons. The van der Waals surface area contributed by atoms with E-state index in [0.29, 0.717) is 10.6 Å². The predicted molar refractivity (Wildman–Crippen MR) is 55.5 cm³/mol. The van der Waals surface area contributed by atoms with Crippen LogP contribution in [0, 0.1) is 6.92 Å². The maximum Gasteiger partial charge on any atom is 0.163 e. The number of carbonyl (C=O) groups excluding carboxylic acids is 1. The van der Waals surface area contributed by atoms with Crippen molar-refractivity contribution < 1.29 is 4.79 Å². The zero-order valence-electron chi connectivity index (χ0n) is 7.60. The van der Waals surface area contributed by atoms with E-state index in [9.17, 15) is 4.79 Å². The van der Waals surface area contributed by atoms with Crippen molar-refractivity contribution in [3.8, 4) is 11.3 Å². The Bertz CT molecular complexity index is 447. The Hall–Kier alpha value is -1.55. The Balaban J connectivity index is 2.49. The summed E-state index contributed by atoms with van der Waals surface area (Å²) in [5.41, 5.74) is 2.79. The fourth-order valence-corrected chi connectivity index (χ4v) is 1.69. The Kier molecular flexibility index (Phi) is 2.37. The summed E-state index contributed by atoms with van der Waals surface area (Å²) in [6.45, 7) is 2.02. The molecule has 1 aromatic heterocycles. The molecule has 1 heterocycles. The lowest BCUT2D eigenvalue weighted by atomic mass is 10.1. The molecule has 1 aromatic carbocycles. The van der Waals surface area contributed by atoms with Crippen molar-refractivity contribution in [1.82, 2.24) is 9.59 Å². The highest BCUT2D eigenvalue weighted by molar-refractivity contribution is 7.07. The summed E-state index contributed by atoms with van der Waals surface area (Å²) in [5, 5.41) is 3.92. The number of hydrogen-bond donors (Lipinski definition) is 0. The van der Waals surface area contributed by atoms with E-state index in [0.717, 1.165) is 23.4 Å². The lowest BCUT2D eigenvalue weighted by Gasteiger charge is -1.97. The van der Waals surface area contributed by atoms with Gasteiger partial charge in [-0.2, -0.15) is 0 Å². The second-order valence-corrected chi connectivity index (χ2v) is 3.76. The lowest BCUT2D eigenvalue weighted by Crippen LogP contribution is -1.83. The van der Waals surface area contributed by atoms with E-state index >= 15 is 0 Å². The molecule has 0 atom stereocenters. The first kappa shape index (κ1) is 9.02. The van der Waals surface area contributed by atoms with E-state index in [-0.39, 0.29) is 0 Å². The van der Waals surface area contributed by atoms with E-state index in [4.69, 9.17) is 0 Å². The molecule has 14 heavy (non-hydrogen) atoms. The summed E-state index contributed by atoms with van der Waals surface area (Å²) in [6, 6.07) is 7.87. The highest BCUT2D eigenvalue weighted by atomic mass is 32.1. The first-order valence-electron chi connectivity index (χ1n) is 4.16. The minimum absolute atomic E-state index is 0.578. The molecule has 0 radical (unpaired) electrons. The van der Waals surface area contributed by atoms with Crippen LogP contribution in [-0.4, -0.2) is 15.9 Å². The van der Waals surface area contributed by atoms with Gasteiger partial charge in [-0.1, -0.05) is 34.3 Å². The van der Waals surface area contributed by atoms with E-state index < -0.39 is 0 Å². The Morgan fingerprint density at radius 1 is 1.29 bits per heavy atom. The standard InChI is InChI=1S/C10H8N2OS/c1-7-2-4-8(5-3-7)10-9(6-13)14-12-11-10/h2-6H,1H3. The van der Waals surface area contributed by atoms with Crippen molar-refractivity contribution >= 4 is 17.8 Å². The monoisotopic (exact) mass is 204 g/mol. The van der Waals surface area contributed by atoms with Gasteiger partial charge in [-0.15, -0.1) is 5.10 Å². The zero-order chi connectivity index (χ0) is 9.97. The van der Waals surface area contributed by atoms with Crippen molar-refractivity contribution in [3.05, 3.63) is 34.7 Å². The van der Waals surface area contributed by atoms with Gasteiger partial charge in [0.25, 0.3) is 0 Å². The SMILES string of the molecule is Cc1ccc(-c2nnsc2C=O)cc1. The van der Waals surface area contributed by atoms with Crippen molar-refractivity contribution in [1.29, 1.82) is 0 Å². The Morgan fingerprint density at radius 3 is 2.64 bits per heavy atom. The van der Waals surface area contributed by atoms with E-state index in [1.54, 1.807) is 0 Å². The van der Waals surface area contributed by atoms with Crippen LogP contribution in [0.2, 0.25) is 0 Å². The third-order valence-corrected chi connectivity index (χ3v) is 2.60. The van der Waals surface area contributed by atoms with Crippen molar-refractivity contribution in [2.75, 3.05) is 0 Å². The summed E-state index contributed by atoms with van der Waals surface area (Å²) in [6.07, 6.45) is 0.792. The summed E-state index contributed by atoms with van der Waals surface area (Å²) in [4.78, 5) is 11.2. The van der Waals surface area contributed by atoms with Crippen molar-refractivity contribution in [3.63, 3.8) is 0 Å². The fraction of sp³-hybridized carbons (Fsp3) is 0.100. The van der Waals surface area contributed by atoms with Crippen LogP contribution >= 0.6 is 11.5 Å². The number of carbonyl (C=O) groups is 1. The van der Waals surface area contributed by atoms with Crippen LogP contribution in [0.4, 0.5) is 0 Å². The molecule has 0 bridgehead atoms. The number of aryl methyl sites for hydroxylation is 1. The third-order valence-electron chi connectivity index (χ3n) is 1.95. The Morgan fingerprint density at radius 2 is 2.00 bits per heavy atom. The van der Waals surface area contributed by atoms with Gasteiger partial charge in [-0.3, -0.25) is 4.79 Å². The number of rotatable bonds is 2. The molecule has 2 aromatic rings. The van der Waals surface area contributed by atoms with Gasteiger partial charge in [0, 0.05) is 5.56 Å². The molecule has 0 amide bonds. The smallest absolute Gasteiger partial charge is 0.163 e. The normalized spacial score (nSPS) is 10.1. The maximum atomic E-state index is 10.7. The van der Waals surface area contributed by atoms with Gasteiger partial charge in [0.1, 0.15) is 10.6 Å². The predicted octanol–water partition coefficient (Wildman–Crippen LogP) is 2.33. The summed E-state index contributed by atoms with van der Waals surface area (Å²) in [7, 11) is 0. The number of nitrogens with zero attached hydrogens (tertiary/aromatic N) is 2. The largest absolute Gasteiger partial charge is 0.297 e. The van der Waals surface area contributed by atoms with Crippen LogP contribution in [-0.2, 0) is 0 Å². The number of aldehydes is 1. The van der Waals surface area contributed by atoms with Gasteiger partial charge in [0.2, 0.25) is 0 Å². The minimum Gasteiger partial charge on any atom is -0.297 e. The van der Waals surface area contributed by atoms with Gasteiger partial charge in [-0.25, -0.2) is 0 Å². The summed E-state index contributed by atoms with van der Waals surface area (Å²) in [5.74, 6) is 0. The lowest BCUT2D eigenvalue weighted by molar-refractivity contribution is 0.112. The van der Waals surface area contributed by atoms with Gasteiger partial charge < -0.3 is 0 Å². The average molecular weight is 204 g/mol. The Labute approximate surface area is 85.6 Å². The molecular formula is C10H8N2OS. The van der Waals surface area contributed by atoms with Gasteiger partial charge in [0.15, 0.2) is 6.29 Å². The van der Waals surface area contributed by atoms with E-state index in [1.165, 1.54) is 5.56 Å². The molecule has 2 rings (SSSR count). The average Bonchev–Trinajstić information content (AvgIpc) is 2.67. The second-order valence-electron chi connectivity index (χ2n) is 2.97. The van der Waals surface area contributed by atoms with Gasteiger partial charge >= 0.3 is 0 Å². The number of benzene rings is 1. The van der Waals surface area contributed by atoms with Crippen LogP contribution in [0.5, 0.6) is 0 Å². The number of hydrogen-bond acceptors (Lipinski definition) is 4. The molecule has 0 aliphatic heterocycles. The summed E-state index contributed by atoms with van der Waals surface area (Å²) < 4.78 is 3.75. The van der Waals surface area contributed by atoms with Crippen LogP contribution in [0.25, 0.3) is 11.3 Å². The first-order chi connectivity index (χ1) is 6.81. The maximum absolute atomic E-state index is 10.7. The van der Waals surface area contributed by atoms with Crippen LogP contribution < -0.4 is 0 Å². The zero-order valence-corrected chi connectivity index (χ0v) is 8.41. The molecule has 0 unspecified atom stereocenters. The van der Waals surface area contributed by atoms with Crippen LogP contribution in [0.3, 0.4) is 0 Å². The molecule has 0 spiro atoms. The minimum atomic E-state index is 0.578. The molecule has 0 fully saturated rings. The molecule has 0 saturated carbocycles. The molecule has 0 N–H and O–H groups in total. The highest BCUT2D eigenvalue weighted by Crippen LogP contribution is 2.22. The van der Waals surface area contributed by atoms with Gasteiger partial charge in [-0.05, 0) is 18.5 Å². The van der Waals surface area contributed by atoms with Crippen LogP contribution in [0.15, 0.2) is 24.3 Å². The molecule has 0 aliphatic rings. The molecule has 0 saturated heterocycles. The topological polar surface area (TPSA) is 42.9 Å². The van der Waals surface area contributed by atoms with E-state index in [1.807, 2.05) is 31.2 Å². The molecule has 0 aliphatic carbocycles. The first-order valence-corrected chi connectivity index (χ1v) is 4.93. The molecular weight excluding hydrogens is 196 g/mol. The van der Waals surface area contributed by atoms with Crippen molar-refractivity contribution in [2.45, 2.75) is 6.92 Å². The highest BCUT2D eigenvalue weighted by Gasteiger charge is 2.08. The second kappa shape index (κ2) is 3.67. The van der Waals surface area contributed by atoms with Gasteiger partial charge in [0.05, 0.1) is 0 Å². The van der Waals surface area contributed by atoms with E-state index in [2.05, 4.69) is 9.59 Å². The number of aromatic nitrogens is 2. The fourth-order valence-electron chi connectivity index (χ4n) is 1.19. The quantitative estimate of drug-likeness (QED) is 0.705. The summed E-state index contributed by atoms with van der Waals surface area (Å²) >= 11 is 1.12.